The minimum atomic E-state index is -0.383. The maximum atomic E-state index is 11.8. The highest BCUT2D eigenvalue weighted by Crippen LogP contribution is 2.69. The molecule has 0 spiro atoms. The lowest BCUT2D eigenvalue weighted by Gasteiger charge is -2.66. The number of nitrogens with zero attached hydrogens (tertiary/aromatic N) is 1. The quantitative estimate of drug-likeness (QED) is 0.474. The molecule has 0 aromatic rings. The van der Waals surface area contributed by atoms with Crippen LogP contribution in [0.2, 0.25) is 0 Å². The summed E-state index contributed by atoms with van der Waals surface area (Å²) in [6.07, 6.45) is 7.50. The van der Waals surface area contributed by atoms with Gasteiger partial charge in [0, 0.05) is 6.42 Å². The molecule has 4 fully saturated rings. The van der Waals surface area contributed by atoms with Crippen molar-refractivity contribution in [1.29, 1.82) is 0 Å². The third-order valence-electron chi connectivity index (χ3n) is 11.5. The Balaban J connectivity index is 1.40. The molecule has 6 nitrogen and oxygen atoms in total. The molecule has 1 heterocycles. The van der Waals surface area contributed by atoms with Crippen molar-refractivity contribution in [2.75, 3.05) is 0 Å². The molecular weight excluding hydrogens is 428 g/mol. The predicted octanol–water partition coefficient (Wildman–Crippen LogP) is 4.40. The number of aliphatic hydroxyl groups excluding tert-OH is 3. The fourth-order valence-electron chi connectivity index (χ4n) is 10.0. The summed E-state index contributed by atoms with van der Waals surface area (Å²) in [5.74, 6) is 3.57. The van der Waals surface area contributed by atoms with Crippen molar-refractivity contribution in [1.82, 2.24) is 5.48 Å². The van der Waals surface area contributed by atoms with Crippen LogP contribution in [0.25, 0.3) is 0 Å². The van der Waals surface area contributed by atoms with Crippen LogP contribution in [0, 0.1) is 52.3 Å². The molecule has 5 aliphatic rings. The van der Waals surface area contributed by atoms with Crippen LogP contribution in [0.1, 0.15) is 85.5 Å². The van der Waals surface area contributed by atoms with Gasteiger partial charge in [0.25, 0.3) is 0 Å². The van der Waals surface area contributed by atoms with Gasteiger partial charge in [-0.2, -0.15) is 4.99 Å². The van der Waals surface area contributed by atoms with Gasteiger partial charge >= 0.3 is 0 Å². The van der Waals surface area contributed by atoms with Crippen LogP contribution in [0.3, 0.4) is 0 Å². The van der Waals surface area contributed by atoms with Crippen LogP contribution in [0.4, 0.5) is 0 Å². The van der Waals surface area contributed by atoms with Gasteiger partial charge < -0.3 is 20.2 Å². The molecule has 4 N–H and O–H groups in total. The number of hydrogen-bond acceptors (Lipinski definition) is 6. The Bertz CT molecular complexity index is 831. The monoisotopic (exact) mass is 474 g/mol. The van der Waals surface area contributed by atoms with Crippen molar-refractivity contribution in [2.24, 2.45) is 57.2 Å². The number of hydroxylamine groups is 1. The summed E-state index contributed by atoms with van der Waals surface area (Å²) in [5, 5.41) is 34.1. The van der Waals surface area contributed by atoms with Gasteiger partial charge in [-0.3, -0.25) is 0 Å². The van der Waals surface area contributed by atoms with E-state index in [4.69, 9.17) is 4.84 Å². The molecule has 0 aromatic carbocycles. The lowest BCUT2D eigenvalue weighted by molar-refractivity contribution is -0.235. The van der Waals surface area contributed by atoms with Crippen LogP contribution in [-0.2, 0) is 4.84 Å². The van der Waals surface area contributed by atoms with E-state index in [9.17, 15) is 15.3 Å². The predicted molar refractivity (Wildman–Crippen MR) is 132 cm³/mol. The first-order chi connectivity index (χ1) is 16.1. The highest BCUT2D eigenvalue weighted by molar-refractivity contribution is 5.83. The number of nitrogens with one attached hydrogen (secondary N) is 1. The molecule has 0 bridgehead atoms. The van der Waals surface area contributed by atoms with E-state index in [0.29, 0.717) is 29.6 Å². The second-order valence-electron chi connectivity index (χ2n) is 12.9. The van der Waals surface area contributed by atoms with Crippen molar-refractivity contribution in [3.05, 3.63) is 12.5 Å². The molecule has 0 amide bonds. The number of rotatable bonds is 5. The minimum absolute atomic E-state index is 0.00291. The van der Waals surface area contributed by atoms with Gasteiger partial charge in [-0.1, -0.05) is 34.1 Å². The van der Waals surface area contributed by atoms with Crippen molar-refractivity contribution in [3.8, 4) is 0 Å². The molecule has 12 atom stereocenters. The van der Waals surface area contributed by atoms with Crippen molar-refractivity contribution < 1.29 is 20.2 Å². The zero-order chi connectivity index (χ0) is 24.4. The van der Waals surface area contributed by atoms with Gasteiger partial charge in [-0.05, 0) is 104 Å². The zero-order valence-electron chi connectivity index (χ0n) is 21.5. The first kappa shape index (κ1) is 24.6. The number of hydrogen-bond donors (Lipinski definition) is 4. The molecule has 1 aliphatic heterocycles. The first-order valence-corrected chi connectivity index (χ1v) is 13.8. The second kappa shape index (κ2) is 8.77. The van der Waals surface area contributed by atoms with E-state index < -0.39 is 0 Å². The van der Waals surface area contributed by atoms with E-state index in [0.717, 1.165) is 57.2 Å². The zero-order valence-corrected chi connectivity index (χ0v) is 21.5. The molecule has 6 heteroatoms. The standard InChI is InChI=1S/C28H46N2O4/c1-6-18-21-13-17(31)11-12-27(21,4)25-22(32)14-28(5)19(8-9-20(28)24(25)26(18)33)15(2)7-10-23-29-16(3)34-30-23/h15,17-22,24-26,31-33H,3,6-14H2,1-2,4-5H3,(H,29,30)/t15-,17-,18-,19-,20?,21+,22?,24?,25?,26?,27+,28-/m1/s1. The number of aliphatic imine (C=N–C) groups is 1. The fraction of sp³-hybridized carbons (Fsp3) is 0.893. The Morgan fingerprint density at radius 2 is 1.91 bits per heavy atom. The van der Waals surface area contributed by atoms with E-state index >= 15 is 0 Å². The van der Waals surface area contributed by atoms with Gasteiger partial charge in [-0.15, -0.1) is 0 Å². The van der Waals surface area contributed by atoms with Gasteiger partial charge in [0.1, 0.15) is 5.84 Å². The lowest BCUT2D eigenvalue weighted by atomic mass is 9.40. The summed E-state index contributed by atoms with van der Waals surface area (Å²) in [5.41, 5.74) is 2.92. The van der Waals surface area contributed by atoms with E-state index in [1.54, 1.807) is 0 Å². The normalized spacial score (nSPS) is 51.0. The molecule has 192 valence electrons. The average molecular weight is 475 g/mol. The van der Waals surface area contributed by atoms with Crippen molar-refractivity contribution in [3.63, 3.8) is 0 Å². The van der Waals surface area contributed by atoms with Crippen LogP contribution in [0.15, 0.2) is 17.5 Å². The van der Waals surface area contributed by atoms with Crippen LogP contribution >= 0.6 is 0 Å². The van der Waals surface area contributed by atoms with Crippen molar-refractivity contribution >= 4 is 5.84 Å². The Kier molecular flexibility index (Phi) is 6.34. The van der Waals surface area contributed by atoms with Gasteiger partial charge in [0.05, 0.1) is 18.3 Å². The average Bonchev–Trinajstić information content (AvgIpc) is 3.35. The molecule has 0 saturated heterocycles. The largest absolute Gasteiger partial charge is 0.393 e. The molecule has 0 aromatic heterocycles. The van der Waals surface area contributed by atoms with Gasteiger partial charge in [0.2, 0.25) is 5.88 Å². The maximum Gasteiger partial charge on any atom is 0.240 e. The SMILES string of the molecule is C=C1N=C(CC[C@@H](C)[C@H]2CCC3C4C(O)[C@H](CC)[C@@H]5C[C@H](O)CC[C@]5(C)C4C(O)C[C@@]32C)NO1. The Morgan fingerprint density at radius 3 is 2.59 bits per heavy atom. The third-order valence-corrected chi connectivity index (χ3v) is 11.5. The molecule has 4 saturated carbocycles. The summed E-state index contributed by atoms with van der Waals surface area (Å²) >= 11 is 0. The Labute approximate surface area is 205 Å². The van der Waals surface area contributed by atoms with Crippen LogP contribution < -0.4 is 5.48 Å². The number of fused-ring (bicyclic) bond motifs is 5. The second-order valence-corrected chi connectivity index (χ2v) is 12.9. The topological polar surface area (TPSA) is 94.3 Å². The lowest BCUT2D eigenvalue weighted by Crippen LogP contribution is -2.65. The van der Waals surface area contributed by atoms with E-state index in [-0.39, 0.29) is 46.9 Å². The third kappa shape index (κ3) is 3.66. The van der Waals surface area contributed by atoms with E-state index in [1.807, 2.05) is 0 Å². The highest BCUT2D eigenvalue weighted by Gasteiger charge is 2.67. The number of aliphatic hydroxyl groups is 3. The molecule has 4 aliphatic carbocycles. The highest BCUT2D eigenvalue weighted by atomic mass is 16.7. The molecule has 34 heavy (non-hydrogen) atoms. The molecular formula is C28H46N2O4. The smallest absolute Gasteiger partial charge is 0.240 e. The maximum absolute atomic E-state index is 11.8. The Morgan fingerprint density at radius 1 is 1.15 bits per heavy atom. The molecule has 0 radical (unpaired) electrons. The van der Waals surface area contributed by atoms with E-state index in [2.05, 4.69) is 44.7 Å². The van der Waals surface area contributed by atoms with Crippen molar-refractivity contribution in [2.45, 2.75) is 104 Å². The first-order valence-electron chi connectivity index (χ1n) is 13.8. The molecule has 5 unspecified atom stereocenters. The van der Waals surface area contributed by atoms with E-state index in [1.165, 1.54) is 6.42 Å². The summed E-state index contributed by atoms with van der Waals surface area (Å²) in [6.45, 7) is 13.1. The number of amidine groups is 1. The summed E-state index contributed by atoms with van der Waals surface area (Å²) in [4.78, 5) is 9.50. The molecule has 5 rings (SSSR count). The minimum Gasteiger partial charge on any atom is -0.393 e. The van der Waals surface area contributed by atoms with Crippen LogP contribution in [0.5, 0.6) is 0 Å². The fourth-order valence-corrected chi connectivity index (χ4v) is 10.0. The summed E-state index contributed by atoms with van der Waals surface area (Å²) in [7, 11) is 0. The summed E-state index contributed by atoms with van der Waals surface area (Å²) in [6, 6.07) is 0. The van der Waals surface area contributed by atoms with Crippen LogP contribution in [-0.4, -0.2) is 39.5 Å². The van der Waals surface area contributed by atoms with Gasteiger partial charge in [0.15, 0.2) is 0 Å². The Hall–Kier alpha value is -1.11. The van der Waals surface area contributed by atoms with Gasteiger partial charge in [-0.25, -0.2) is 5.48 Å². The summed E-state index contributed by atoms with van der Waals surface area (Å²) < 4.78 is 0.